The highest BCUT2D eigenvalue weighted by Crippen LogP contribution is 2.23. The number of rotatable bonds is 1. The Morgan fingerprint density at radius 2 is 2.22 bits per heavy atom. The molecule has 9 heavy (non-hydrogen) atoms. The lowest BCUT2D eigenvalue weighted by Crippen LogP contribution is -2.44. The van der Waals surface area contributed by atoms with Crippen LogP contribution in [0.5, 0.6) is 0 Å². The predicted octanol–water partition coefficient (Wildman–Crippen LogP) is -0.848. The normalized spacial score (nSPS) is 37.7. The predicted molar refractivity (Wildman–Crippen MR) is 29.8 cm³/mol. The summed E-state index contributed by atoms with van der Waals surface area (Å²) in [6.45, 7) is 0.0422. The topological polar surface area (TPSA) is 63.9 Å². The van der Waals surface area contributed by atoms with Crippen LogP contribution in [0.25, 0.3) is 0 Å². The Labute approximate surface area is 53.3 Å². The van der Waals surface area contributed by atoms with E-state index < -0.39 is 12.3 Å². The van der Waals surface area contributed by atoms with Crippen molar-refractivity contribution in [2.45, 2.75) is 18.6 Å². The summed E-state index contributed by atoms with van der Waals surface area (Å²) < 4.78 is 0. The maximum atomic E-state index is 9.19. The van der Waals surface area contributed by atoms with Gasteiger partial charge in [0.2, 0.25) is 0 Å². The van der Waals surface area contributed by atoms with Gasteiger partial charge in [-0.15, -0.1) is 0 Å². The van der Waals surface area contributed by atoms with Crippen LogP contribution in [-0.2, 0) is 0 Å². The lowest BCUT2D eigenvalue weighted by atomic mass is 10.2. The number of nitrogens with zero attached hydrogens (tertiary/aromatic N) is 1. The largest absolute Gasteiger partial charge is 0.392 e. The van der Waals surface area contributed by atoms with Gasteiger partial charge in [0, 0.05) is 6.54 Å². The van der Waals surface area contributed by atoms with Gasteiger partial charge in [-0.1, -0.05) is 0 Å². The maximum Gasteiger partial charge on any atom is 0.163 e. The van der Waals surface area contributed by atoms with Crippen molar-refractivity contribution in [3.05, 3.63) is 0 Å². The van der Waals surface area contributed by atoms with Crippen molar-refractivity contribution in [1.29, 1.82) is 0 Å². The van der Waals surface area contributed by atoms with Crippen LogP contribution in [0.4, 0.5) is 0 Å². The molecule has 0 aliphatic carbocycles. The van der Waals surface area contributed by atoms with Gasteiger partial charge in [0.25, 0.3) is 0 Å². The fourth-order valence-electron chi connectivity index (χ4n) is 1.01. The zero-order valence-electron chi connectivity index (χ0n) is 5.12. The monoisotopic (exact) mass is 133 g/mol. The summed E-state index contributed by atoms with van der Waals surface area (Å²) in [5, 5.41) is 27.4. The van der Waals surface area contributed by atoms with Gasteiger partial charge in [0.15, 0.2) is 5.72 Å². The molecule has 1 fully saturated rings. The molecule has 0 bridgehead atoms. The summed E-state index contributed by atoms with van der Waals surface area (Å²) in [5.74, 6) is 0. The van der Waals surface area contributed by atoms with Gasteiger partial charge < -0.3 is 15.4 Å². The summed E-state index contributed by atoms with van der Waals surface area (Å²) in [4.78, 5) is 0. The van der Waals surface area contributed by atoms with E-state index in [0.29, 0.717) is 13.0 Å². The van der Waals surface area contributed by atoms with Crippen LogP contribution in [-0.4, -0.2) is 39.4 Å². The molecule has 1 saturated heterocycles. The van der Waals surface area contributed by atoms with Crippen LogP contribution in [0.1, 0.15) is 12.8 Å². The highest BCUT2D eigenvalue weighted by atomic mass is 16.6. The van der Waals surface area contributed by atoms with Crippen molar-refractivity contribution in [2.24, 2.45) is 0 Å². The second-order valence-corrected chi connectivity index (χ2v) is 2.37. The molecule has 1 rings (SSSR count). The second-order valence-electron chi connectivity index (χ2n) is 2.37. The van der Waals surface area contributed by atoms with Gasteiger partial charge in [0.05, 0.1) is 6.61 Å². The Morgan fingerprint density at radius 3 is 2.44 bits per heavy atom. The molecular weight excluding hydrogens is 122 g/mol. The average molecular weight is 133 g/mol. The Morgan fingerprint density at radius 1 is 1.56 bits per heavy atom. The number of hydroxylamine groups is 2. The Kier molecular flexibility index (Phi) is 1.72. The first-order chi connectivity index (χ1) is 4.19. The first-order valence-corrected chi connectivity index (χ1v) is 2.99. The Balaban J connectivity index is 2.56. The number of aliphatic hydroxyl groups is 2. The molecule has 0 radical (unpaired) electrons. The van der Waals surface area contributed by atoms with Crippen molar-refractivity contribution in [3.8, 4) is 0 Å². The maximum absolute atomic E-state index is 9.19. The summed E-state index contributed by atoms with van der Waals surface area (Å²) >= 11 is 0. The summed E-state index contributed by atoms with van der Waals surface area (Å²) in [5.41, 5.74) is -1.36. The minimum absolute atomic E-state index is 0.399. The van der Waals surface area contributed by atoms with Gasteiger partial charge >= 0.3 is 0 Å². The standard InChI is InChI=1S/C5H11NO3/c7-4-5(8)2-1-3-6(5)9/h7-9H,1-4H2. The molecule has 0 aromatic rings. The molecule has 1 unspecified atom stereocenters. The first-order valence-electron chi connectivity index (χ1n) is 2.99. The summed E-state index contributed by atoms with van der Waals surface area (Å²) in [6, 6.07) is 0. The van der Waals surface area contributed by atoms with Crippen molar-refractivity contribution in [3.63, 3.8) is 0 Å². The molecule has 0 saturated carbocycles. The molecule has 4 heteroatoms. The third kappa shape index (κ3) is 1.07. The average Bonchev–Trinajstić information content (AvgIpc) is 2.15. The smallest absolute Gasteiger partial charge is 0.163 e. The minimum atomic E-state index is -1.36. The van der Waals surface area contributed by atoms with E-state index >= 15 is 0 Å². The summed E-state index contributed by atoms with van der Waals surface area (Å²) in [6.07, 6.45) is 1.17. The fraction of sp³-hybridized carbons (Fsp3) is 1.00. The van der Waals surface area contributed by atoms with E-state index in [1.54, 1.807) is 0 Å². The number of hydrogen-bond donors (Lipinski definition) is 3. The van der Waals surface area contributed by atoms with Crippen molar-refractivity contribution < 1.29 is 15.4 Å². The van der Waals surface area contributed by atoms with Gasteiger partial charge in [-0.05, 0) is 12.8 Å². The molecule has 1 atom stereocenters. The van der Waals surface area contributed by atoms with E-state index in [9.17, 15) is 5.11 Å². The lowest BCUT2D eigenvalue weighted by molar-refractivity contribution is -0.251. The lowest BCUT2D eigenvalue weighted by Gasteiger charge is -2.25. The number of aliphatic hydroxyl groups excluding tert-OH is 1. The molecule has 1 aliphatic rings. The van der Waals surface area contributed by atoms with Crippen LogP contribution in [0.3, 0.4) is 0 Å². The molecule has 0 aromatic heterocycles. The zero-order valence-corrected chi connectivity index (χ0v) is 5.12. The van der Waals surface area contributed by atoms with Crippen LogP contribution in [0.15, 0.2) is 0 Å². The van der Waals surface area contributed by atoms with Gasteiger partial charge in [-0.25, -0.2) is 0 Å². The SMILES string of the molecule is OCC1(O)CCCN1O. The molecule has 0 amide bonds. The van der Waals surface area contributed by atoms with Crippen LogP contribution in [0.2, 0.25) is 0 Å². The molecule has 54 valence electrons. The van der Waals surface area contributed by atoms with Crippen LogP contribution in [0, 0.1) is 0 Å². The van der Waals surface area contributed by atoms with E-state index in [2.05, 4.69) is 0 Å². The van der Waals surface area contributed by atoms with E-state index in [1.807, 2.05) is 0 Å². The Hall–Kier alpha value is -0.160. The van der Waals surface area contributed by atoms with Crippen LogP contribution < -0.4 is 0 Å². The van der Waals surface area contributed by atoms with Crippen molar-refractivity contribution >= 4 is 0 Å². The third-order valence-corrected chi connectivity index (χ3v) is 1.68. The molecular formula is C5H11NO3. The summed E-state index contributed by atoms with van der Waals surface area (Å²) in [7, 11) is 0. The first kappa shape index (κ1) is 6.95. The van der Waals surface area contributed by atoms with Crippen molar-refractivity contribution in [2.75, 3.05) is 13.2 Å². The highest BCUT2D eigenvalue weighted by Gasteiger charge is 2.37. The third-order valence-electron chi connectivity index (χ3n) is 1.68. The second kappa shape index (κ2) is 2.22. The van der Waals surface area contributed by atoms with E-state index in [1.165, 1.54) is 0 Å². The number of hydrogen-bond acceptors (Lipinski definition) is 4. The minimum Gasteiger partial charge on any atom is -0.392 e. The molecule has 1 aliphatic heterocycles. The highest BCUT2D eigenvalue weighted by molar-refractivity contribution is 4.79. The Bertz CT molecular complexity index is 108. The van der Waals surface area contributed by atoms with E-state index in [0.717, 1.165) is 11.5 Å². The quantitative estimate of drug-likeness (QED) is 0.436. The molecule has 3 N–H and O–H groups in total. The van der Waals surface area contributed by atoms with E-state index in [-0.39, 0.29) is 0 Å². The molecule has 0 spiro atoms. The molecule has 0 aromatic carbocycles. The zero-order chi connectivity index (χ0) is 6.91. The molecule has 1 heterocycles. The van der Waals surface area contributed by atoms with Gasteiger partial charge in [0.1, 0.15) is 0 Å². The van der Waals surface area contributed by atoms with Crippen molar-refractivity contribution in [1.82, 2.24) is 5.06 Å². The molecule has 4 nitrogen and oxygen atoms in total. The van der Waals surface area contributed by atoms with Gasteiger partial charge in [-0.2, -0.15) is 5.06 Å². The van der Waals surface area contributed by atoms with E-state index in [4.69, 9.17) is 10.3 Å². The fourth-order valence-corrected chi connectivity index (χ4v) is 1.01. The van der Waals surface area contributed by atoms with Crippen LogP contribution >= 0.6 is 0 Å². The van der Waals surface area contributed by atoms with Gasteiger partial charge in [-0.3, -0.25) is 0 Å².